The highest BCUT2D eigenvalue weighted by atomic mass is 79.9. The van der Waals surface area contributed by atoms with E-state index in [4.69, 9.17) is 37.5 Å². The third-order valence-electron chi connectivity index (χ3n) is 2.25. The van der Waals surface area contributed by atoms with E-state index in [1.54, 1.807) is 0 Å². The van der Waals surface area contributed by atoms with Crippen molar-refractivity contribution in [1.82, 2.24) is 0 Å². The van der Waals surface area contributed by atoms with Gasteiger partial charge in [-0.25, -0.2) is 4.57 Å². The van der Waals surface area contributed by atoms with Crippen LogP contribution in [0.2, 0.25) is 0 Å². The molecule has 0 spiro atoms. The maximum Gasteiger partial charge on any atom is 0.469 e. The average molecular weight is 609 g/mol. The van der Waals surface area contributed by atoms with E-state index < -0.39 is 18.3 Å². The zero-order chi connectivity index (χ0) is 16.0. The number of phosphoric ester groups is 1. The maximum atomic E-state index is 11.0. The Labute approximate surface area is 162 Å². The van der Waals surface area contributed by atoms with Crippen LogP contribution < -0.4 is 0 Å². The molecule has 0 aliphatic carbocycles. The molecular weight excluding hydrogens is 594 g/mol. The molecule has 1 atom stereocenters. The van der Waals surface area contributed by atoms with Gasteiger partial charge in [-0.15, -0.1) is 23.2 Å². The van der Waals surface area contributed by atoms with Crippen molar-refractivity contribution in [2.45, 2.75) is 50.0 Å². The van der Waals surface area contributed by atoms with E-state index >= 15 is 0 Å². The molecule has 0 saturated carbocycles. The van der Waals surface area contributed by atoms with Crippen molar-refractivity contribution in [3.05, 3.63) is 0 Å². The maximum absolute atomic E-state index is 11.0. The molecule has 0 aliphatic rings. The first kappa shape index (κ1) is 22.6. The molecule has 0 saturated heterocycles. The van der Waals surface area contributed by atoms with Gasteiger partial charge in [0, 0.05) is 6.42 Å². The molecule has 0 rings (SSSR count). The first-order chi connectivity index (χ1) is 8.91. The smallest absolute Gasteiger partial charge is 0.303 e. The lowest BCUT2D eigenvalue weighted by Crippen LogP contribution is -2.25. The van der Waals surface area contributed by atoms with Crippen molar-refractivity contribution >= 4 is 94.7 Å². The SMILES string of the molecule is O=P(O)(O)OC(CCC(Br)Br)CC(Cl)(Cl)CCC(Br)Br. The fourth-order valence-electron chi connectivity index (χ4n) is 1.45. The number of rotatable bonds is 10. The molecule has 2 N–H and O–H groups in total. The summed E-state index contributed by atoms with van der Waals surface area (Å²) in [5.41, 5.74) is 0. The minimum Gasteiger partial charge on any atom is -0.303 e. The number of phosphoric acid groups is 1. The Morgan fingerprint density at radius 3 is 1.95 bits per heavy atom. The highest BCUT2D eigenvalue weighted by Crippen LogP contribution is 2.43. The van der Waals surface area contributed by atoms with Crippen LogP contribution in [0.15, 0.2) is 0 Å². The third-order valence-corrected chi connectivity index (χ3v) is 5.34. The quantitative estimate of drug-likeness (QED) is 0.242. The molecule has 1 unspecified atom stereocenters. The van der Waals surface area contributed by atoms with E-state index in [0.29, 0.717) is 25.7 Å². The largest absolute Gasteiger partial charge is 0.469 e. The lowest BCUT2D eigenvalue weighted by Gasteiger charge is -2.26. The van der Waals surface area contributed by atoms with E-state index in [2.05, 4.69) is 63.7 Å². The van der Waals surface area contributed by atoms with Gasteiger partial charge < -0.3 is 9.79 Å². The fraction of sp³-hybridized carbons (Fsp3) is 1.00. The second kappa shape index (κ2) is 10.5. The molecule has 0 aromatic heterocycles. The predicted molar refractivity (Wildman–Crippen MR) is 97.7 cm³/mol. The highest BCUT2D eigenvalue weighted by Gasteiger charge is 2.32. The normalized spacial score (nSPS) is 15.1. The van der Waals surface area contributed by atoms with Crippen molar-refractivity contribution in [2.75, 3.05) is 0 Å². The summed E-state index contributed by atoms with van der Waals surface area (Å²) >= 11 is 25.6. The van der Waals surface area contributed by atoms with Crippen LogP contribution in [0, 0.1) is 0 Å². The lowest BCUT2D eigenvalue weighted by molar-refractivity contribution is 0.115. The Hall–Kier alpha value is 2.61. The van der Waals surface area contributed by atoms with Gasteiger partial charge >= 0.3 is 7.82 Å². The first-order valence-corrected chi connectivity index (χ1v) is 11.5. The highest BCUT2D eigenvalue weighted by molar-refractivity contribution is 9.25. The lowest BCUT2D eigenvalue weighted by atomic mass is 10.1. The first-order valence-electron chi connectivity index (χ1n) is 5.59. The molecule has 11 heteroatoms. The summed E-state index contributed by atoms with van der Waals surface area (Å²) in [6.07, 6.45) is 1.60. The van der Waals surface area contributed by atoms with Gasteiger partial charge in [0.1, 0.15) is 4.33 Å². The summed E-state index contributed by atoms with van der Waals surface area (Å²) in [4.78, 5) is 17.9. The van der Waals surface area contributed by atoms with Crippen LogP contribution in [-0.2, 0) is 9.09 Å². The molecule has 0 aromatic rings. The van der Waals surface area contributed by atoms with Gasteiger partial charge in [0.25, 0.3) is 0 Å². The van der Waals surface area contributed by atoms with Crippen LogP contribution in [0.1, 0.15) is 32.1 Å². The second-order valence-corrected chi connectivity index (χ2v) is 13.9. The van der Waals surface area contributed by atoms with Crippen LogP contribution in [0.5, 0.6) is 0 Å². The second-order valence-electron chi connectivity index (χ2n) is 4.18. The molecule has 122 valence electrons. The molecule has 0 heterocycles. The van der Waals surface area contributed by atoms with E-state index in [9.17, 15) is 4.57 Å². The topological polar surface area (TPSA) is 66.8 Å². The van der Waals surface area contributed by atoms with Crippen molar-refractivity contribution in [3.63, 3.8) is 0 Å². The summed E-state index contributed by atoms with van der Waals surface area (Å²) in [6.45, 7) is 0. The number of halogens is 6. The van der Waals surface area contributed by atoms with Crippen LogP contribution in [0.4, 0.5) is 0 Å². The Balaban J connectivity index is 4.56. The molecular formula is C9H15Br4Cl2O4P. The summed E-state index contributed by atoms with van der Waals surface area (Å²) in [6, 6.07) is 0. The number of hydrogen-bond donors (Lipinski definition) is 2. The molecule has 20 heavy (non-hydrogen) atoms. The fourth-order valence-corrected chi connectivity index (χ4v) is 3.57. The number of alkyl halides is 6. The standard InChI is InChI=1S/C9H15Br4Cl2O4P/c10-7(11)2-1-6(19-20(16,17)18)5-9(14,15)4-3-8(12)13/h6-8H,1-5H2,(H2,16,17,18). The molecule has 0 amide bonds. The van der Waals surface area contributed by atoms with Crippen molar-refractivity contribution < 1.29 is 18.9 Å². The molecule has 0 aromatic carbocycles. The van der Waals surface area contributed by atoms with Gasteiger partial charge in [-0.1, -0.05) is 63.7 Å². The summed E-state index contributed by atoms with van der Waals surface area (Å²) in [7, 11) is -4.57. The summed E-state index contributed by atoms with van der Waals surface area (Å²) in [5, 5.41) is 0. The Morgan fingerprint density at radius 2 is 1.55 bits per heavy atom. The minimum atomic E-state index is -4.57. The van der Waals surface area contributed by atoms with Crippen molar-refractivity contribution in [3.8, 4) is 0 Å². The predicted octanol–water partition coefficient (Wildman–Crippen LogP) is 5.82. The van der Waals surface area contributed by atoms with E-state index in [-0.39, 0.29) is 13.9 Å². The molecule has 0 bridgehead atoms. The van der Waals surface area contributed by atoms with Crippen LogP contribution >= 0.6 is 94.7 Å². The molecule has 4 nitrogen and oxygen atoms in total. The van der Waals surface area contributed by atoms with Gasteiger partial charge in [-0.05, 0) is 25.7 Å². The van der Waals surface area contributed by atoms with Crippen LogP contribution in [-0.4, -0.2) is 27.7 Å². The van der Waals surface area contributed by atoms with E-state index in [1.807, 2.05) is 0 Å². The minimum absolute atomic E-state index is 0.0346. The van der Waals surface area contributed by atoms with Crippen LogP contribution in [0.25, 0.3) is 0 Å². The van der Waals surface area contributed by atoms with Gasteiger partial charge in [0.15, 0.2) is 0 Å². The summed E-state index contributed by atoms with van der Waals surface area (Å²) in [5.74, 6) is 0. The van der Waals surface area contributed by atoms with Gasteiger partial charge in [0.2, 0.25) is 0 Å². The third kappa shape index (κ3) is 14.2. The van der Waals surface area contributed by atoms with Crippen LogP contribution in [0.3, 0.4) is 0 Å². The zero-order valence-corrected chi connectivity index (χ0v) is 18.9. The molecule has 0 aliphatic heterocycles. The Morgan fingerprint density at radius 1 is 1.05 bits per heavy atom. The Bertz CT molecular complexity index is 327. The van der Waals surface area contributed by atoms with E-state index in [1.165, 1.54) is 0 Å². The van der Waals surface area contributed by atoms with Gasteiger partial charge in [0.05, 0.1) is 13.6 Å². The van der Waals surface area contributed by atoms with Crippen molar-refractivity contribution in [1.29, 1.82) is 0 Å². The van der Waals surface area contributed by atoms with Gasteiger partial charge in [-0.3, -0.25) is 4.52 Å². The van der Waals surface area contributed by atoms with Crippen molar-refractivity contribution in [2.24, 2.45) is 0 Å². The van der Waals surface area contributed by atoms with Gasteiger partial charge in [-0.2, -0.15) is 0 Å². The molecule has 0 radical (unpaired) electrons. The number of hydrogen-bond acceptors (Lipinski definition) is 2. The monoisotopic (exact) mass is 604 g/mol. The summed E-state index contributed by atoms with van der Waals surface area (Å²) < 4.78 is 14.8. The van der Waals surface area contributed by atoms with E-state index in [0.717, 1.165) is 0 Å². The molecule has 0 fully saturated rings. The Kier molecular flexibility index (Phi) is 11.8. The average Bonchev–Trinajstić information content (AvgIpc) is 2.21. The zero-order valence-electron chi connectivity index (χ0n) is 10.2.